The minimum Gasteiger partial charge on any atom is -0.383 e. The third-order valence-corrected chi connectivity index (χ3v) is 2.58. The van der Waals surface area contributed by atoms with Crippen LogP contribution in [0, 0.1) is 0 Å². The molecule has 15 heavy (non-hydrogen) atoms. The highest BCUT2D eigenvalue weighted by Crippen LogP contribution is 2.11. The summed E-state index contributed by atoms with van der Waals surface area (Å²) in [5.74, 6) is 0.420. The number of halogens is 1. The summed E-state index contributed by atoms with van der Waals surface area (Å²) in [5, 5.41) is 6.24. The predicted octanol–water partition coefficient (Wildman–Crippen LogP) is 0.145. The molecule has 1 aromatic rings. The van der Waals surface area contributed by atoms with E-state index in [1.54, 1.807) is 6.92 Å². The van der Waals surface area contributed by atoms with Crippen molar-refractivity contribution in [2.24, 2.45) is 0 Å². The van der Waals surface area contributed by atoms with Crippen LogP contribution in [0.5, 0.6) is 0 Å². The highest BCUT2D eigenvalue weighted by Gasteiger charge is 2.23. The molecule has 0 aliphatic heterocycles. The molecule has 86 valence electrons. The number of nitrogens with zero attached hydrogens (tertiary/aromatic N) is 3. The van der Waals surface area contributed by atoms with Gasteiger partial charge in [-0.3, -0.25) is 4.57 Å². The Morgan fingerprint density at radius 3 is 2.60 bits per heavy atom. The van der Waals surface area contributed by atoms with Crippen LogP contribution in [-0.2, 0) is 27.9 Å². The van der Waals surface area contributed by atoms with Crippen molar-refractivity contribution in [3.63, 3.8) is 0 Å². The van der Waals surface area contributed by atoms with Gasteiger partial charge in [0.05, 0.1) is 13.2 Å². The average Bonchev–Trinajstić information content (AvgIpc) is 2.56. The van der Waals surface area contributed by atoms with Gasteiger partial charge >= 0.3 is 10.2 Å². The summed E-state index contributed by atoms with van der Waals surface area (Å²) in [6, 6.07) is 0. The Hall–Kier alpha value is -1.02. The fraction of sp³-hybridized carbons (Fsp3) is 0.714. The fourth-order valence-electron chi connectivity index (χ4n) is 1.17. The van der Waals surface area contributed by atoms with Gasteiger partial charge in [0.15, 0.2) is 0 Å². The molecule has 0 atom stereocenters. The Bertz CT molecular complexity index is 429. The molecule has 1 aromatic heterocycles. The maximum atomic E-state index is 12.8. The molecular weight excluding hydrogens is 225 g/mol. The summed E-state index contributed by atoms with van der Waals surface area (Å²) < 4.78 is 40.2. The van der Waals surface area contributed by atoms with Gasteiger partial charge in [0.2, 0.25) is 0 Å². The van der Waals surface area contributed by atoms with E-state index in [-0.39, 0.29) is 13.2 Å². The number of hydrogen-bond acceptors (Lipinski definition) is 5. The number of hydrogen-bond donors (Lipinski definition) is 0. The van der Waals surface area contributed by atoms with Crippen LogP contribution in [0.2, 0.25) is 0 Å². The van der Waals surface area contributed by atoms with Crippen molar-refractivity contribution < 1.29 is 17.0 Å². The van der Waals surface area contributed by atoms with E-state index in [0.717, 1.165) is 0 Å². The van der Waals surface area contributed by atoms with Gasteiger partial charge in [-0.05, 0) is 0 Å². The molecule has 8 heteroatoms. The average molecular weight is 237 g/mol. The second-order valence-corrected chi connectivity index (χ2v) is 4.08. The van der Waals surface area contributed by atoms with E-state index in [4.69, 9.17) is 4.74 Å². The van der Waals surface area contributed by atoms with Gasteiger partial charge in [0, 0.05) is 13.5 Å². The van der Waals surface area contributed by atoms with E-state index in [0.29, 0.717) is 12.2 Å². The molecule has 0 saturated heterocycles. The van der Waals surface area contributed by atoms with Crippen LogP contribution >= 0.6 is 0 Å². The molecule has 0 aromatic carbocycles. The van der Waals surface area contributed by atoms with E-state index >= 15 is 0 Å². The van der Waals surface area contributed by atoms with Crippen molar-refractivity contribution >= 4 is 10.2 Å². The molecule has 0 unspecified atom stereocenters. The van der Waals surface area contributed by atoms with Crippen LogP contribution in [0.25, 0.3) is 0 Å². The molecule has 6 nitrogen and oxygen atoms in total. The first kappa shape index (κ1) is 12.1. The van der Waals surface area contributed by atoms with Crippen molar-refractivity contribution in [3.8, 4) is 0 Å². The molecule has 1 heterocycles. The molecule has 0 saturated carbocycles. The highest BCUT2D eigenvalue weighted by molar-refractivity contribution is 7.86. The number of rotatable bonds is 5. The quantitative estimate of drug-likeness (QED) is 0.681. The summed E-state index contributed by atoms with van der Waals surface area (Å²) in [4.78, 5) is 0. The largest absolute Gasteiger partial charge is 0.383 e. The third-order valence-electron chi connectivity index (χ3n) is 1.85. The lowest BCUT2D eigenvalue weighted by Crippen LogP contribution is -2.13. The maximum Gasteiger partial charge on any atom is 0.368 e. The van der Waals surface area contributed by atoms with Crippen LogP contribution in [0.1, 0.15) is 12.7 Å². The second-order valence-electron chi connectivity index (χ2n) is 2.83. The number of methoxy groups -OCH3 is 1. The Balaban J connectivity index is 3.12. The van der Waals surface area contributed by atoms with Gasteiger partial charge in [-0.1, -0.05) is 10.8 Å². The number of aromatic nitrogens is 3. The van der Waals surface area contributed by atoms with E-state index < -0.39 is 15.4 Å². The van der Waals surface area contributed by atoms with Gasteiger partial charge < -0.3 is 4.74 Å². The first-order valence-electron chi connectivity index (χ1n) is 4.36. The van der Waals surface area contributed by atoms with Crippen molar-refractivity contribution in [2.75, 3.05) is 13.7 Å². The minimum atomic E-state index is -4.82. The van der Waals surface area contributed by atoms with Gasteiger partial charge in [0.1, 0.15) is 5.82 Å². The Kier molecular flexibility index (Phi) is 3.75. The van der Waals surface area contributed by atoms with Gasteiger partial charge in [-0.15, -0.1) is 10.2 Å². The van der Waals surface area contributed by atoms with Crippen LogP contribution < -0.4 is 0 Å². The summed E-state index contributed by atoms with van der Waals surface area (Å²) in [5.41, 5.74) is 0. The molecule has 0 amide bonds. The van der Waals surface area contributed by atoms with Gasteiger partial charge in [0.25, 0.3) is 5.16 Å². The van der Waals surface area contributed by atoms with E-state index in [9.17, 15) is 12.3 Å². The van der Waals surface area contributed by atoms with Gasteiger partial charge in [-0.25, -0.2) is 0 Å². The zero-order valence-electron chi connectivity index (χ0n) is 8.47. The molecule has 0 aliphatic rings. The minimum absolute atomic E-state index is 0.213. The third kappa shape index (κ3) is 2.72. The van der Waals surface area contributed by atoms with Gasteiger partial charge in [-0.2, -0.15) is 8.42 Å². The zero-order valence-corrected chi connectivity index (χ0v) is 9.29. The van der Waals surface area contributed by atoms with Crippen molar-refractivity contribution in [3.05, 3.63) is 5.82 Å². The summed E-state index contributed by atoms with van der Waals surface area (Å²) in [7, 11) is -3.35. The van der Waals surface area contributed by atoms with E-state index in [2.05, 4.69) is 10.2 Å². The Morgan fingerprint density at radius 1 is 1.47 bits per heavy atom. The normalized spacial score (nSPS) is 11.9. The lowest BCUT2D eigenvalue weighted by atomic mass is 10.4. The lowest BCUT2D eigenvalue weighted by molar-refractivity contribution is 0.183. The monoisotopic (exact) mass is 237 g/mol. The topological polar surface area (TPSA) is 74.1 Å². The van der Waals surface area contributed by atoms with E-state index in [1.807, 2.05) is 0 Å². The number of ether oxygens (including phenoxy) is 1. The smallest absolute Gasteiger partial charge is 0.368 e. The molecular formula is C7H12FN3O3S. The first-order chi connectivity index (χ1) is 7.00. The summed E-state index contributed by atoms with van der Waals surface area (Å²) in [6.07, 6.45) is 0.478. The molecule has 0 radical (unpaired) electrons. The summed E-state index contributed by atoms with van der Waals surface area (Å²) >= 11 is 0. The predicted molar refractivity (Wildman–Crippen MR) is 49.6 cm³/mol. The van der Waals surface area contributed by atoms with Crippen LogP contribution in [-0.4, -0.2) is 36.9 Å². The van der Waals surface area contributed by atoms with Crippen LogP contribution in [0.15, 0.2) is 5.16 Å². The lowest BCUT2D eigenvalue weighted by Gasteiger charge is -2.05. The summed E-state index contributed by atoms with van der Waals surface area (Å²) in [6.45, 7) is 2.26. The molecule has 0 bridgehead atoms. The standard InChI is InChI=1S/C7H12FN3O3S/c1-3-6-9-10-7(15(8,12)13)11(6)4-5-14-2/h3-5H2,1-2H3. The number of aryl methyl sites for hydroxylation is 1. The Labute approximate surface area is 87.3 Å². The van der Waals surface area contributed by atoms with Crippen molar-refractivity contribution in [1.82, 2.24) is 14.8 Å². The second kappa shape index (κ2) is 4.67. The SMILES string of the molecule is CCc1nnc(S(=O)(=O)F)n1CCOC. The molecule has 0 aliphatic carbocycles. The molecule has 1 rings (SSSR count). The molecule has 0 fully saturated rings. The first-order valence-corrected chi connectivity index (χ1v) is 5.74. The van der Waals surface area contributed by atoms with E-state index in [1.165, 1.54) is 11.7 Å². The zero-order chi connectivity index (χ0) is 11.5. The maximum absolute atomic E-state index is 12.8. The van der Waals surface area contributed by atoms with Crippen LogP contribution in [0.4, 0.5) is 3.89 Å². The fourth-order valence-corrected chi connectivity index (χ4v) is 1.77. The van der Waals surface area contributed by atoms with Crippen LogP contribution in [0.3, 0.4) is 0 Å². The Morgan fingerprint density at radius 2 is 2.13 bits per heavy atom. The molecule has 0 spiro atoms. The van der Waals surface area contributed by atoms with Crippen molar-refractivity contribution in [2.45, 2.75) is 25.0 Å². The van der Waals surface area contributed by atoms with Crippen molar-refractivity contribution in [1.29, 1.82) is 0 Å². The highest BCUT2D eigenvalue weighted by atomic mass is 32.3. The molecule has 0 N–H and O–H groups in total.